The molecule has 6 nitrogen and oxygen atoms in total. The highest BCUT2D eigenvalue weighted by Gasteiger charge is 2.27. The number of unbranched alkanes of at least 4 members (excludes halogenated alkanes) is 5. The number of rotatable bonds is 16. The van der Waals surface area contributed by atoms with Gasteiger partial charge in [0.25, 0.3) is 5.91 Å². The Kier molecular flexibility index (Phi) is 12.3. The molecule has 0 saturated heterocycles. The maximum atomic E-state index is 12.2. The van der Waals surface area contributed by atoms with E-state index in [0.717, 1.165) is 63.4 Å². The van der Waals surface area contributed by atoms with E-state index < -0.39 is 11.9 Å². The van der Waals surface area contributed by atoms with Crippen molar-refractivity contribution >= 4 is 23.9 Å². The monoisotopic (exact) mass is 509 g/mol. The highest BCUT2D eigenvalue weighted by atomic mass is 16.5. The first kappa shape index (κ1) is 30.1. The molecule has 0 unspecified atom stereocenters. The Hall–Kier alpha value is -3.15. The molecule has 0 aliphatic heterocycles. The second-order valence-electron chi connectivity index (χ2n) is 10.6. The molecule has 0 bridgehead atoms. The summed E-state index contributed by atoms with van der Waals surface area (Å²) >= 11 is 0. The fraction of sp³-hybridized carbons (Fsp3) is 0.516. The molecule has 2 N–H and O–H groups in total. The van der Waals surface area contributed by atoms with Gasteiger partial charge in [0.2, 0.25) is 6.29 Å². The van der Waals surface area contributed by atoms with Gasteiger partial charge in [-0.3, -0.25) is 14.4 Å². The highest BCUT2D eigenvalue weighted by molar-refractivity contribution is 6.29. The maximum absolute atomic E-state index is 12.2. The van der Waals surface area contributed by atoms with Gasteiger partial charge < -0.3 is 15.2 Å². The molecule has 0 spiro atoms. The van der Waals surface area contributed by atoms with E-state index in [4.69, 9.17) is 9.84 Å². The van der Waals surface area contributed by atoms with Crippen LogP contribution < -0.4 is 10.1 Å². The fourth-order valence-electron chi connectivity index (χ4n) is 4.83. The topological polar surface area (TPSA) is 92.7 Å². The molecule has 1 amide bonds. The van der Waals surface area contributed by atoms with Gasteiger partial charge in [0, 0.05) is 6.42 Å². The second kappa shape index (κ2) is 15.2. The molecule has 6 heteroatoms. The first-order valence-electron chi connectivity index (χ1n) is 13.5. The van der Waals surface area contributed by atoms with E-state index in [1.165, 1.54) is 16.7 Å². The summed E-state index contributed by atoms with van der Waals surface area (Å²) < 4.78 is 6.27. The molecule has 2 rings (SSSR count). The molecule has 37 heavy (non-hydrogen) atoms. The summed E-state index contributed by atoms with van der Waals surface area (Å²) in [6, 6.07) is 12.4. The Balaban J connectivity index is 2.31. The van der Waals surface area contributed by atoms with Crippen molar-refractivity contribution in [1.29, 1.82) is 0 Å². The third-order valence-corrected chi connectivity index (χ3v) is 6.36. The van der Waals surface area contributed by atoms with Crippen LogP contribution in [0.2, 0.25) is 0 Å². The summed E-state index contributed by atoms with van der Waals surface area (Å²) in [5.74, 6) is -0.810. The predicted molar refractivity (Wildman–Crippen MR) is 149 cm³/mol. The zero-order chi connectivity index (χ0) is 27.3. The summed E-state index contributed by atoms with van der Waals surface area (Å²) in [6.07, 6.45) is 8.46. The molecule has 0 fully saturated rings. The quantitative estimate of drug-likeness (QED) is 0.146. The van der Waals surface area contributed by atoms with Crippen LogP contribution in [-0.2, 0) is 32.6 Å². The number of amides is 1. The van der Waals surface area contributed by atoms with Crippen molar-refractivity contribution in [3.8, 4) is 5.75 Å². The van der Waals surface area contributed by atoms with Crippen LogP contribution in [0.25, 0.3) is 0 Å². The van der Waals surface area contributed by atoms with Crippen molar-refractivity contribution in [2.45, 2.75) is 97.3 Å². The van der Waals surface area contributed by atoms with E-state index in [-0.39, 0.29) is 11.8 Å². The van der Waals surface area contributed by atoms with Gasteiger partial charge in [0.05, 0.1) is 12.3 Å². The van der Waals surface area contributed by atoms with Gasteiger partial charge in [0.15, 0.2) is 0 Å². The van der Waals surface area contributed by atoms with Crippen LogP contribution in [0.4, 0.5) is 5.69 Å². The Morgan fingerprint density at radius 1 is 1.00 bits per heavy atom. The van der Waals surface area contributed by atoms with E-state index in [2.05, 4.69) is 45.1 Å². The van der Waals surface area contributed by atoms with E-state index in [9.17, 15) is 14.4 Å². The average molecular weight is 510 g/mol. The molecule has 0 aliphatic rings. The van der Waals surface area contributed by atoms with E-state index in [1.807, 2.05) is 24.3 Å². The number of hydrogen-bond acceptors (Lipinski definition) is 4. The van der Waals surface area contributed by atoms with Gasteiger partial charge >= 0.3 is 5.97 Å². The van der Waals surface area contributed by atoms with Gasteiger partial charge in [-0.1, -0.05) is 90.1 Å². The molecule has 0 aromatic heterocycles. The molecule has 202 valence electrons. The number of carboxylic acids is 1. The van der Waals surface area contributed by atoms with E-state index in [0.29, 0.717) is 24.3 Å². The van der Waals surface area contributed by atoms with Gasteiger partial charge in [-0.05, 0) is 59.4 Å². The van der Waals surface area contributed by atoms with Gasteiger partial charge in [-0.2, -0.15) is 0 Å². The zero-order valence-electron chi connectivity index (χ0n) is 22.9. The minimum atomic E-state index is -0.738. The van der Waals surface area contributed by atoms with Crippen molar-refractivity contribution in [2.24, 2.45) is 0 Å². The van der Waals surface area contributed by atoms with Crippen LogP contribution in [0.5, 0.6) is 5.75 Å². The number of anilines is 1. The second-order valence-corrected chi connectivity index (χ2v) is 10.6. The first-order chi connectivity index (χ1) is 17.7. The number of carbonyl (C=O) groups is 3. The van der Waals surface area contributed by atoms with E-state index in [1.54, 1.807) is 0 Å². The average Bonchev–Trinajstić information content (AvgIpc) is 2.84. The standard InChI is InChI=1S/C31H43NO5/c1-5-15-25-29(31(2,3)4)24(20-23-16-11-10-12-17-23)21-26(30(25)32-27(34)22-33)37-19-14-9-7-6-8-13-18-28(35)36/h10-12,16-17,21-22H,5-9,13-15,18-20H2,1-4H3,(H,32,34)(H,35,36). The van der Waals surface area contributed by atoms with E-state index >= 15 is 0 Å². The molecule has 0 atom stereocenters. The Morgan fingerprint density at radius 3 is 2.24 bits per heavy atom. The zero-order valence-corrected chi connectivity index (χ0v) is 22.9. The molecule has 2 aromatic carbocycles. The van der Waals surface area contributed by atoms with Crippen molar-refractivity contribution in [3.63, 3.8) is 0 Å². The third-order valence-electron chi connectivity index (χ3n) is 6.36. The largest absolute Gasteiger partial charge is 0.491 e. The molecule has 0 radical (unpaired) electrons. The van der Waals surface area contributed by atoms with Crippen molar-refractivity contribution < 1.29 is 24.2 Å². The number of aliphatic carboxylic acids is 1. The predicted octanol–water partition coefficient (Wildman–Crippen LogP) is 6.86. The highest BCUT2D eigenvalue weighted by Crippen LogP contribution is 2.41. The van der Waals surface area contributed by atoms with Gasteiger partial charge in [-0.25, -0.2) is 0 Å². The number of nitrogens with one attached hydrogen (secondary N) is 1. The maximum Gasteiger partial charge on any atom is 0.303 e. The lowest BCUT2D eigenvalue weighted by Crippen LogP contribution is -2.22. The lowest BCUT2D eigenvalue weighted by Gasteiger charge is -2.30. The summed E-state index contributed by atoms with van der Waals surface area (Å²) in [7, 11) is 0. The van der Waals surface area contributed by atoms with Crippen LogP contribution in [0.1, 0.15) is 101 Å². The third kappa shape index (κ3) is 10.0. The SMILES string of the molecule is CCCc1c(NC(=O)C=O)c(OCCCCCCCCC(=O)O)cc(Cc2ccccc2)c1C(C)(C)C. The van der Waals surface area contributed by atoms with Crippen LogP contribution in [0.3, 0.4) is 0 Å². The van der Waals surface area contributed by atoms with Gasteiger partial charge in [0.1, 0.15) is 5.75 Å². The minimum Gasteiger partial charge on any atom is -0.491 e. The Morgan fingerprint density at radius 2 is 1.65 bits per heavy atom. The molecular formula is C31H43NO5. The smallest absolute Gasteiger partial charge is 0.303 e. The summed E-state index contributed by atoms with van der Waals surface area (Å²) in [6.45, 7) is 9.15. The number of benzene rings is 2. The fourth-order valence-corrected chi connectivity index (χ4v) is 4.83. The normalized spacial score (nSPS) is 11.2. The molecule has 0 heterocycles. The first-order valence-corrected chi connectivity index (χ1v) is 13.5. The van der Waals surface area contributed by atoms with Crippen LogP contribution >= 0.6 is 0 Å². The number of hydrogen-bond donors (Lipinski definition) is 2. The van der Waals surface area contributed by atoms with Crippen LogP contribution in [0.15, 0.2) is 36.4 Å². The number of carboxylic acid groups (broad SMARTS) is 1. The summed E-state index contributed by atoms with van der Waals surface area (Å²) in [4.78, 5) is 34.1. The summed E-state index contributed by atoms with van der Waals surface area (Å²) in [5, 5.41) is 11.6. The number of ether oxygens (including phenoxy) is 1. The molecule has 0 aliphatic carbocycles. The van der Waals surface area contributed by atoms with Crippen molar-refractivity contribution in [3.05, 3.63) is 58.7 Å². The lowest BCUT2D eigenvalue weighted by atomic mass is 9.77. The molecule has 2 aromatic rings. The number of carbonyl (C=O) groups excluding carboxylic acids is 2. The Labute approximate surface area is 221 Å². The molecule has 0 saturated carbocycles. The van der Waals surface area contributed by atoms with Crippen LogP contribution in [-0.4, -0.2) is 29.9 Å². The number of aldehydes is 1. The molecular weight excluding hydrogens is 466 g/mol. The van der Waals surface area contributed by atoms with Gasteiger partial charge in [-0.15, -0.1) is 0 Å². The van der Waals surface area contributed by atoms with Crippen molar-refractivity contribution in [2.75, 3.05) is 11.9 Å². The minimum absolute atomic E-state index is 0.172. The summed E-state index contributed by atoms with van der Waals surface area (Å²) in [5.41, 5.74) is 5.03. The van der Waals surface area contributed by atoms with Crippen LogP contribution in [0, 0.1) is 0 Å². The van der Waals surface area contributed by atoms with Crippen molar-refractivity contribution in [1.82, 2.24) is 0 Å². The Bertz CT molecular complexity index is 1020. The lowest BCUT2D eigenvalue weighted by molar-refractivity contribution is -0.137.